The Morgan fingerprint density at radius 1 is 1.35 bits per heavy atom. The van der Waals surface area contributed by atoms with Crippen molar-refractivity contribution in [2.75, 3.05) is 20.2 Å². The average molecular weight is 270 g/mol. The minimum absolute atomic E-state index is 0.0837. The van der Waals surface area contributed by atoms with Crippen LogP contribution in [-0.4, -0.2) is 41.2 Å². The topological polar surface area (TPSA) is 39.3 Å². The highest BCUT2D eigenvalue weighted by atomic mass is 16.3. The number of likely N-dealkylation sites (N-methyl/N-ethyl adjacent to an activating group) is 1. The Morgan fingerprint density at radius 3 is 2.90 bits per heavy atom. The first-order valence-electron chi connectivity index (χ1n) is 7.21. The molecule has 0 radical (unpaired) electrons. The molecule has 0 fully saturated rings. The first-order valence-corrected chi connectivity index (χ1v) is 7.21. The summed E-state index contributed by atoms with van der Waals surface area (Å²) in [6.07, 6.45) is 4.30. The molecule has 3 heteroatoms. The third-order valence-corrected chi connectivity index (χ3v) is 4.36. The number of nitrogens with one attached hydrogen (secondary N) is 1. The van der Waals surface area contributed by atoms with E-state index in [9.17, 15) is 5.11 Å². The summed E-state index contributed by atoms with van der Waals surface area (Å²) in [5, 5.41) is 11.0. The van der Waals surface area contributed by atoms with Crippen molar-refractivity contribution in [3.8, 4) is 0 Å². The van der Waals surface area contributed by atoms with Crippen molar-refractivity contribution in [1.82, 2.24) is 9.88 Å². The SMILES string of the molecule is Cc1ccc(C2=C[C@@H](C)CN(C)[C@@H]2CO)c2[nH]ccc12. The van der Waals surface area contributed by atoms with Crippen molar-refractivity contribution in [2.45, 2.75) is 19.9 Å². The summed E-state index contributed by atoms with van der Waals surface area (Å²) in [6.45, 7) is 5.51. The van der Waals surface area contributed by atoms with E-state index in [0.29, 0.717) is 5.92 Å². The Hall–Kier alpha value is -1.58. The third kappa shape index (κ3) is 2.07. The van der Waals surface area contributed by atoms with Crippen molar-refractivity contribution in [1.29, 1.82) is 0 Å². The van der Waals surface area contributed by atoms with Gasteiger partial charge in [0.2, 0.25) is 0 Å². The van der Waals surface area contributed by atoms with Crippen LogP contribution in [0.5, 0.6) is 0 Å². The molecule has 3 nitrogen and oxygen atoms in total. The van der Waals surface area contributed by atoms with Crippen LogP contribution in [0.4, 0.5) is 0 Å². The molecule has 0 unspecified atom stereocenters. The lowest BCUT2D eigenvalue weighted by molar-refractivity contribution is 0.167. The number of nitrogens with zero attached hydrogens (tertiary/aromatic N) is 1. The maximum absolute atomic E-state index is 9.76. The van der Waals surface area contributed by atoms with E-state index < -0.39 is 0 Å². The number of benzene rings is 1. The van der Waals surface area contributed by atoms with Gasteiger partial charge in [-0.15, -0.1) is 0 Å². The van der Waals surface area contributed by atoms with Gasteiger partial charge in [-0.2, -0.15) is 0 Å². The first kappa shape index (κ1) is 13.4. The molecule has 3 rings (SSSR count). The van der Waals surface area contributed by atoms with Crippen molar-refractivity contribution in [3.63, 3.8) is 0 Å². The van der Waals surface area contributed by atoms with Gasteiger partial charge in [-0.1, -0.05) is 25.1 Å². The zero-order valence-electron chi connectivity index (χ0n) is 12.4. The number of aliphatic hydroxyl groups excluding tert-OH is 1. The molecule has 20 heavy (non-hydrogen) atoms. The summed E-state index contributed by atoms with van der Waals surface area (Å²) < 4.78 is 0. The molecule has 106 valence electrons. The van der Waals surface area contributed by atoms with Crippen LogP contribution in [-0.2, 0) is 0 Å². The van der Waals surface area contributed by atoms with E-state index in [2.05, 4.69) is 55.1 Å². The number of rotatable bonds is 2. The molecule has 2 atom stereocenters. The molecule has 1 aromatic heterocycles. The molecule has 1 aliphatic rings. The van der Waals surface area contributed by atoms with Crippen LogP contribution in [0.1, 0.15) is 18.1 Å². The second-order valence-corrected chi connectivity index (χ2v) is 5.93. The number of H-pyrrole nitrogens is 1. The minimum atomic E-state index is 0.0837. The van der Waals surface area contributed by atoms with Crippen LogP contribution in [0.25, 0.3) is 16.5 Å². The van der Waals surface area contributed by atoms with Crippen molar-refractivity contribution in [3.05, 3.63) is 41.6 Å². The van der Waals surface area contributed by atoms with E-state index in [0.717, 1.165) is 6.54 Å². The highest BCUT2D eigenvalue weighted by Gasteiger charge is 2.27. The quantitative estimate of drug-likeness (QED) is 0.881. The van der Waals surface area contributed by atoms with Gasteiger partial charge in [-0.05, 0) is 37.1 Å². The number of hydrogen-bond donors (Lipinski definition) is 2. The Kier molecular flexibility index (Phi) is 3.40. The highest BCUT2D eigenvalue weighted by Crippen LogP contribution is 2.33. The normalized spacial score (nSPS) is 24.1. The molecule has 0 spiro atoms. The van der Waals surface area contributed by atoms with E-state index in [-0.39, 0.29) is 12.6 Å². The van der Waals surface area contributed by atoms with Gasteiger partial charge in [-0.3, -0.25) is 4.90 Å². The zero-order valence-corrected chi connectivity index (χ0v) is 12.4. The first-order chi connectivity index (χ1) is 9.61. The van der Waals surface area contributed by atoms with Gasteiger partial charge >= 0.3 is 0 Å². The number of aromatic amines is 1. The summed E-state index contributed by atoms with van der Waals surface area (Å²) in [5.74, 6) is 0.504. The zero-order chi connectivity index (χ0) is 14.3. The Balaban J connectivity index is 2.18. The molecule has 0 amide bonds. The van der Waals surface area contributed by atoms with Crippen LogP contribution in [0.3, 0.4) is 0 Å². The van der Waals surface area contributed by atoms with Crippen molar-refractivity contribution >= 4 is 16.5 Å². The fourth-order valence-corrected chi connectivity index (χ4v) is 3.34. The Labute approximate surface area is 119 Å². The lowest BCUT2D eigenvalue weighted by atomic mass is 9.88. The Bertz CT molecular complexity index is 656. The van der Waals surface area contributed by atoms with E-state index in [1.165, 1.54) is 27.6 Å². The molecular formula is C17H22N2O. The number of fused-ring (bicyclic) bond motifs is 1. The van der Waals surface area contributed by atoms with Crippen LogP contribution >= 0.6 is 0 Å². The maximum Gasteiger partial charge on any atom is 0.0628 e. The minimum Gasteiger partial charge on any atom is -0.394 e. The molecule has 0 bridgehead atoms. The molecule has 2 aromatic rings. The van der Waals surface area contributed by atoms with Crippen LogP contribution in [0, 0.1) is 12.8 Å². The van der Waals surface area contributed by atoms with Gasteiger partial charge in [0.1, 0.15) is 0 Å². The summed E-state index contributed by atoms with van der Waals surface area (Å²) >= 11 is 0. The monoisotopic (exact) mass is 270 g/mol. The third-order valence-electron chi connectivity index (χ3n) is 4.36. The van der Waals surface area contributed by atoms with E-state index in [4.69, 9.17) is 0 Å². The number of aryl methyl sites for hydroxylation is 1. The van der Waals surface area contributed by atoms with Gasteiger partial charge in [0.05, 0.1) is 18.2 Å². The summed E-state index contributed by atoms with van der Waals surface area (Å²) in [7, 11) is 2.09. The van der Waals surface area contributed by atoms with Crippen molar-refractivity contribution < 1.29 is 5.11 Å². The molecule has 2 heterocycles. The summed E-state index contributed by atoms with van der Waals surface area (Å²) in [5.41, 5.74) is 4.91. The second kappa shape index (κ2) is 5.08. The molecule has 0 saturated carbocycles. The average Bonchev–Trinajstić information content (AvgIpc) is 2.88. The standard InChI is InChI=1S/C17H22N2O/c1-11-8-15(16(10-20)19(3)9-11)14-5-4-12(2)13-6-7-18-17(13)14/h4-8,11,16,18,20H,9-10H2,1-3H3/t11-,16-/m1/s1. The smallest absolute Gasteiger partial charge is 0.0628 e. The number of hydrogen-bond acceptors (Lipinski definition) is 2. The largest absolute Gasteiger partial charge is 0.394 e. The molecule has 2 N–H and O–H groups in total. The van der Waals surface area contributed by atoms with E-state index in [1.54, 1.807) is 0 Å². The van der Waals surface area contributed by atoms with Gasteiger partial charge in [0, 0.05) is 23.7 Å². The number of aliphatic hydroxyl groups is 1. The van der Waals surface area contributed by atoms with Crippen LogP contribution in [0.2, 0.25) is 0 Å². The van der Waals surface area contributed by atoms with Gasteiger partial charge in [0.25, 0.3) is 0 Å². The van der Waals surface area contributed by atoms with Gasteiger partial charge in [-0.25, -0.2) is 0 Å². The Morgan fingerprint density at radius 2 is 2.15 bits per heavy atom. The number of aromatic nitrogens is 1. The summed E-state index contributed by atoms with van der Waals surface area (Å²) in [6, 6.07) is 6.55. The predicted octanol–water partition coefficient (Wildman–Crippen LogP) is 2.80. The maximum atomic E-state index is 9.76. The second-order valence-electron chi connectivity index (χ2n) is 5.93. The lowest BCUT2D eigenvalue weighted by Crippen LogP contribution is -2.41. The lowest BCUT2D eigenvalue weighted by Gasteiger charge is -2.35. The fourth-order valence-electron chi connectivity index (χ4n) is 3.34. The van der Waals surface area contributed by atoms with Crippen molar-refractivity contribution in [2.24, 2.45) is 5.92 Å². The highest BCUT2D eigenvalue weighted by molar-refractivity contribution is 5.94. The predicted molar refractivity (Wildman–Crippen MR) is 83.7 cm³/mol. The van der Waals surface area contributed by atoms with E-state index in [1.807, 2.05) is 6.20 Å². The van der Waals surface area contributed by atoms with Gasteiger partial charge in [0.15, 0.2) is 0 Å². The molecule has 0 aliphatic carbocycles. The van der Waals surface area contributed by atoms with Crippen LogP contribution < -0.4 is 0 Å². The fraction of sp³-hybridized carbons (Fsp3) is 0.412. The van der Waals surface area contributed by atoms with Crippen LogP contribution in [0.15, 0.2) is 30.5 Å². The molecule has 1 aromatic carbocycles. The van der Waals surface area contributed by atoms with Gasteiger partial charge < -0.3 is 10.1 Å². The summed E-state index contributed by atoms with van der Waals surface area (Å²) in [4.78, 5) is 5.60. The molecule has 0 saturated heterocycles. The molecule has 1 aliphatic heterocycles. The van der Waals surface area contributed by atoms with E-state index >= 15 is 0 Å². The molecular weight excluding hydrogens is 248 g/mol.